The van der Waals surface area contributed by atoms with Crippen LogP contribution in [0.4, 0.5) is 5.69 Å². The zero-order valence-corrected chi connectivity index (χ0v) is 11.8. The topological polar surface area (TPSA) is 60.9 Å². The van der Waals surface area contributed by atoms with Crippen LogP contribution in [0.5, 0.6) is 0 Å². The first kappa shape index (κ1) is 14.7. The van der Waals surface area contributed by atoms with Gasteiger partial charge in [-0.2, -0.15) is 0 Å². The Morgan fingerprint density at radius 1 is 1.15 bits per heavy atom. The van der Waals surface area contributed by atoms with Gasteiger partial charge in [0.2, 0.25) is 5.91 Å². The van der Waals surface area contributed by atoms with Crippen molar-refractivity contribution in [2.45, 2.75) is 12.8 Å². The molecule has 2 rings (SSSR count). The molecule has 0 spiro atoms. The lowest BCUT2D eigenvalue weighted by molar-refractivity contribution is -0.135. The first-order chi connectivity index (χ1) is 9.56. The molecule has 1 heterocycles. The van der Waals surface area contributed by atoms with Crippen molar-refractivity contribution in [1.82, 2.24) is 4.90 Å². The maximum Gasteiger partial charge on any atom is 0.323 e. The van der Waals surface area contributed by atoms with Crippen LogP contribution in [0.2, 0.25) is 5.02 Å². The van der Waals surface area contributed by atoms with Gasteiger partial charge in [-0.15, -0.1) is 0 Å². The summed E-state index contributed by atoms with van der Waals surface area (Å²) in [4.78, 5) is 26.4. The number of carboxylic acids is 1. The number of nitrogens with zero attached hydrogens (tertiary/aromatic N) is 2. The molecule has 0 bridgehead atoms. The standard InChI is InChI=1S/C14H17ClN2O3/c15-11-3-5-12(6-4-11)17(10-14(19)20)9-13(18)16-7-1-2-8-16/h3-6H,1-2,7-10H2,(H,19,20). The van der Waals surface area contributed by atoms with Crippen LogP contribution in [0.25, 0.3) is 0 Å². The number of hydrogen-bond acceptors (Lipinski definition) is 3. The Balaban J connectivity index is 2.08. The van der Waals surface area contributed by atoms with E-state index in [4.69, 9.17) is 16.7 Å². The summed E-state index contributed by atoms with van der Waals surface area (Å²) in [5.41, 5.74) is 0.685. The van der Waals surface area contributed by atoms with E-state index in [1.165, 1.54) is 0 Å². The van der Waals surface area contributed by atoms with Crippen LogP contribution in [-0.4, -0.2) is 48.1 Å². The lowest BCUT2D eigenvalue weighted by atomic mass is 10.2. The van der Waals surface area contributed by atoms with E-state index in [1.54, 1.807) is 34.1 Å². The van der Waals surface area contributed by atoms with Gasteiger partial charge in [-0.3, -0.25) is 9.59 Å². The zero-order valence-electron chi connectivity index (χ0n) is 11.1. The fourth-order valence-electron chi connectivity index (χ4n) is 2.28. The summed E-state index contributed by atoms with van der Waals surface area (Å²) in [6.45, 7) is 1.40. The monoisotopic (exact) mass is 296 g/mol. The molecule has 1 aromatic rings. The van der Waals surface area contributed by atoms with E-state index in [9.17, 15) is 9.59 Å². The maximum absolute atomic E-state index is 12.1. The molecule has 0 aromatic heterocycles. The summed E-state index contributed by atoms with van der Waals surface area (Å²) in [7, 11) is 0. The molecule has 1 N–H and O–H groups in total. The van der Waals surface area contributed by atoms with Gasteiger partial charge in [0.15, 0.2) is 0 Å². The van der Waals surface area contributed by atoms with E-state index < -0.39 is 5.97 Å². The molecule has 0 atom stereocenters. The maximum atomic E-state index is 12.1. The number of rotatable bonds is 5. The van der Waals surface area contributed by atoms with E-state index in [0.29, 0.717) is 10.7 Å². The number of halogens is 1. The average Bonchev–Trinajstić information content (AvgIpc) is 2.92. The van der Waals surface area contributed by atoms with Gasteiger partial charge < -0.3 is 14.9 Å². The third kappa shape index (κ3) is 3.87. The quantitative estimate of drug-likeness (QED) is 0.901. The van der Waals surface area contributed by atoms with Crippen LogP contribution in [-0.2, 0) is 9.59 Å². The Kier molecular flexibility index (Phi) is 4.84. The van der Waals surface area contributed by atoms with Crippen molar-refractivity contribution in [3.8, 4) is 0 Å². The van der Waals surface area contributed by atoms with Crippen LogP contribution in [0.15, 0.2) is 24.3 Å². The van der Waals surface area contributed by atoms with E-state index in [2.05, 4.69) is 0 Å². The number of carbonyl (C=O) groups excluding carboxylic acids is 1. The molecule has 5 nitrogen and oxygen atoms in total. The molecule has 1 amide bonds. The minimum Gasteiger partial charge on any atom is -0.480 e. The second-order valence-electron chi connectivity index (χ2n) is 4.81. The van der Waals surface area contributed by atoms with E-state index in [1.807, 2.05) is 0 Å². The molecular weight excluding hydrogens is 280 g/mol. The molecule has 1 aromatic carbocycles. The molecule has 1 saturated heterocycles. The molecule has 1 aliphatic heterocycles. The molecule has 0 unspecified atom stereocenters. The van der Waals surface area contributed by atoms with Gasteiger partial charge in [-0.05, 0) is 37.1 Å². The van der Waals surface area contributed by atoms with Gasteiger partial charge in [0, 0.05) is 23.8 Å². The van der Waals surface area contributed by atoms with Crippen LogP contribution in [0.3, 0.4) is 0 Å². The Morgan fingerprint density at radius 3 is 2.30 bits per heavy atom. The second kappa shape index (κ2) is 6.61. The Hall–Kier alpha value is -1.75. The predicted octanol–water partition coefficient (Wildman–Crippen LogP) is 1.85. The normalized spacial score (nSPS) is 14.3. The SMILES string of the molecule is O=C(O)CN(CC(=O)N1CCCC1)c1ccc(Cl)cc1. The third-order valence-corrected chi connectivity index (χ3v) is 3.55. The number of aliphatic carboxylic acids is 1. The summed E-state index contributed by atoms with van der Waals surface area (Å²) in [5, 5.41) is 9.56. The Labute approximate surface area is 122 Å². The number of benzene rings is 1. The molecule has 108 valence electrons. The van der Waals surface area contributed by atoms with Crippen molar-refractivity contribution < 1.29 is 14.7 Å². The molecule has 0 saturated carbocycles. The van der Waals surface area contributed by atoms with Crippen LogP contribution in [0.1, 0.15) is 12.8 Å². The summed E-state index contributed by atoms with van der Waals surface area (Å²) in [5.74, 6) is -0.993. The number of likely N-dealkylation sites (tertiary alicyclic amines) is 1. The summed E-state index contributed by atoms with van der Waals surface area (Å²) < 4.78 is 0. The lowest BCUT2D eigenvalue weighted by Gasteiger charge is -2.25. The van der Waals surface area contributed by atoms with Crippen molar-refractivity contribution in [1.29, 1.82) is 0 Å². The van der Waals surface area contributed by atoms with Crippen molar-refractivity contribution in [2.24, 2.45) is 0 Å². The smallest absolute Gasteiger partial charge is 0.323 e. The molecule has 6 heteroatoms. The van der Waals surface area contributed by atoms with Gasteiger partial charge in [-0.1, -0.05) is 11.6 Å². The van der Waals surface area contributed by atoms with E-state index in [-0.39, 0.29) is 19.0 Å². The van der Waals surface area contributed by atoms with Gasteiger partial charge in [-0.25, -0.2) is 0 Å². The molecule has 1 fully saturated rings. The number of carboxylic acid groups (broad SMARTS) is 1. The van der Waals surface area contributed by atoms with Crippen LogP contribution in [0, 0.1) is 0 Å². The van der Waals surface area contributed by atoms with Crippen molar-refractivity contribution >= 4 is 29.2 Å². The summed E-state index contributed by atoms with van der Waals surface area (Å²) >= 11 is 5.82. The Morgan fingerprint density at radius 2 is 1.75 bits per heavy atom. The van der Waals surface area contributed by atoms with Crippen LogP contribution < -0.4 is 4.90 Å². The fraction of sp³-hybridized carbons (Fsp3) is 0.429. The van der Waals surface area contributed by atoms with Gasteiger partial charge in [0.05, 0.1) is 6.54 Å². The highest BCUT2D eigenvalue weighted by Crippen LogP contribution is 2.18. The highest BCUT2D eigenvalue weighted by atomic mass is 35.5. The average molecular weight is 297 g/mol. The lowest BCUT2D eigenvalue weighted by Crippen LogP contribution is -2.41. The van der Waals surface area contributed by atoms with Gasteiger partial charge >= 0.3 is 5.97 Å². The molecule has 0 radical (unpaired) electrons. The number of hydrogen-bond donors (Lipinski definition) is 1. The molecule has 20 heavy (non-hydrogen) atoms. The number of amides is 1. The third-order valence-electron chi connectivity index (χ3n) is 3.30. The Bertz CT molecular complexity index is 484. The molecular formula is C14H17ClN2O3. The minimum absolute atomic E-state index is 0.0290. The van der Waals surface area contributed by atoms with Crippen LogP contribution >= 0.6 is 11.6 Å². The fourth-order valence-corrected chi connectivity index (χ4v) is 2.41. The minimum atomic E-state index is -0.964. The molecule has 1 aliphatic rings. The van der Waals surface area contributed by atoms with E-state index in [0.717, 1.165) is 25.9 Å². The van der Waals surface area contributed by atoms with Crippen molar-refractivity contribution in [3.05, 3.63) is 29.3 Å². The van der Waals surface area contributed by atoms with E-state index >= 15 is 0 Å². The zero-order chi connectivity index (χ0) is 14.5. The number of anilines is 1. The number of carbonyl (C=O) groups is 2. The van der Waals surface area contributed by atoms with Crippen molar-refractivity contribution in [3.63, 3.8) is 0 Å². The summed E-state index contributed by atoms with van der Waals surface area (Å²) in [6.07, 6.45) is 2.04. The first-order valence-electron chi connectivity index (χ1n) is 6.56. The van der Waals surface area contributed by atoms with Gasteiger partial charge in [0.25, 0.3) is 0 Å². The summed E-state index contributed by atoms with van der Waals surface area (Å²) in [6, 6.07) is 6.82. The largest absolute Gasteiger partial charge is 0.480 e. The first-order valence-corrected chi connectivity index (χ1v) is 6.94. The molecule has 0 aliphatic carbocycles. The van der Waals surface area contributed by atoms with Crippen molar-refractivity contribution in [2.75, 3.05) is 31.1 Å². The highest BCUT2D eigenvalue weighted by Gasteiger charge is 2.21. The van der Waals surface area contributed by atoms with Gasteiger partial charge in [0.1, 0.15) is 6.54 Å². The second-order valence-corrected chi connectivity index (χ2v) is 5.25. The predicted molar refractivity (Wildman–Crippen MR) is 77.1 cm³/mol. The highest BCUT2D eigenvalue weighted by molar-refractivity contribution is 6.30.